The first-order chi connectivity index (χ1) is 9.60. The lowest BCUT2D eigenvalue weighted by Gasteiger charge is -2.36. The highest BCUT2D eigenvalue weighted by molar-refractivity contribution is 6.33. The van der Waals surface area contributed by atoms with E-state index in [1.54, 1.807) is 4.68 Å². The van der Waals surface area contributed by atoms with Gasteiger partial charge in [0.2, 0.25) is 0 Å². The van der Waals surface area contributed by atoms with Crippen LogP contribution in [-0.4, -0.2) is 45.8 Å². The number of halogens is 1. The van der Waals surface area contributed by atoms with E-state index in [4.69, 9.17) is 11.6 Å². The topological polar surface area (TPSA) is 50.2 Å². The number of nitrogens with one attached hydrogen (secondary N) is 1. The standard InChI is InChI=1S/C14H21ClN4O/c1-3-19-13(12(15)8-16-19)14(20)17-9-6-10-4-5-11(7-9)18(10)2/h8-11H,3-7H2,1-2H3,(H,17,20). The smallest absolute Gasteiger partial charge is 0.271 e. The van der Waals surface area contributed by atoms with Gasteiger partial charge in [-0.2, -0.15) is 5.10 Å². The molecule has 1 amide bonds. The van der Waals surface area contributed by atoms with Crippen molar-refractivity contribution in [1.82, 2.24) is 20.0 Å². The Morgan fingerprint density at radius 3 is 2.70 bits per heavy atom. The van der Waals surface area contributed by atoms with E-state index >= 15 is 0 Å². The lowest BCUT2D eigenvalue weighted by Crippen LogP contribution is -2.49. The number of hydrogen-bond donors (Lipinski definition) is 1. The molecular formula is C14H21ClN4O. The number of piperidine rings is 1. The van der Waals surface area contributed by atoms with Gasteiger partial charge in [0, 0.05) is 24.7 Å². The first-order valence-electron chi connectivity index (χ1n) is 7.34. The van der Waals surface area contributed by atoms with Gasteiger partial charge in [-0.1, -0.05) is 11.6 Å². The predicted molar refractivity (Wildman–Crippen MR) is 78.0 cm³/mol. The van der Waals surface area contributed by atoms with E-state index in [1.165, 1.54) is 19.0 Å². The number of aromatic nitrogens is 2. The summed E-state index contributed by atoms with van der Waals surface area (Å²) in [5.74, 6) is -0.0942. The van der Waals surface area contributed by atoms with Gasteiger partial charge in [-0.3, -0.25) is 9.48 Å². The summed E-state index contributed by atoms with van der Waals surface area (Å²) in [6.45, 7) is 2.60. The third kappa shape index (κ3) is 2.33. The van der Waals surface area contributed by atoms with Crippen LogP contribution in [0.5, 0.6) is 0 Å². The van der Waals surface area contributed by atoms with Crippen molar-refractivity contribution >= 4 is 17.5 Å². The molecule has 3 rings (SSSR count). The summed E-state index contributed by atoms with van der Waals surface area (Å²) in [6.07, 6.45) is 6.12. The summed E-state index contributed by atoms with van der Waals surface area (Å²) in [6, 6.07) is 1.49. The molecule has 0 saturated carbocycles. The first-order valence-corrected chi connectivity index (χ1v) is 7.72. The maximum Gasteiger partial charge on any atom is 0.271 e. The van der Waals surface area contributed by atoms with E-state index in [1.807, 2.05) is 6.92 Å². The highest BCUT2D eigenvalue weighted by Gasteiger charge is 2.39. The van der Waals surface area contributed by atoms with Gasteiger partial charge in [0.1, 0.15) is 5.69 Å². The summed E-state index contributed by atoms with van der Waals surface area (Å²) >= 11 is 6.08. The van der Waals surface area contributed by atoms with Gasteiger partial charge in [0.15, 0.2) is 0 Å². The van der Waals surface area contributed by atoms with E-state index in [0.29, 0.717) is 29.3 Å². The lowest BCUT2D eigenvalue weighted by atomic mass is 9.98. The zero-order valence-corrected chi connectivity index (χ0v) is 12.7. The highest BCUT2D eigenvalue weighted by Crippen LogP contribution is 2.34. The minimum atomic E-state index is -0.0942. The molecule has 20 heavy (non-hydrogen) atoms. The summed E-state index contributed by atoms with van der Waals surface area (Å²) in [7, 11) is 2.20. The molecular weight excluding hydrogens is 276 g/mol. The predicted octanol–water partition coefficient (Wildman–Crippen LogP) is 1.91. The van der Waals surface area contributed by atoms with Crippen molar-refractivity contribution in [2.45, 2.75) is 57.3 Å². The molecule has 6 heteroatoms. The monoisotopic (exact) mass is 296 g/mol. The van der Waals surface area contributed by atoms with Gasteiger partial charge < -0.3 is 10.2 Å². The van der Waals surface area contributed by atoms with Gasteiger partial charge in [0.25, 0.3) is 5.91 Å². The minimum Gasteiger partial charge on any atom is -0.348 e. The average Bonchev–Trinajstić information content (AvgIpc) is 2.87. The van der Waals surface area contributed by atoms with E-state index in [9.17, 15) is 4.79 Å². The second kappa shape index (κ2) is 5.37. The second-order valence-electron chi connectivity index (χ2n) is 5.85. The van der Waals surface area contributed by atoms with Gasteiger partial charge >= 0.3 is 0 Å². The maximum atomic E-state index is 12.4. The molecule has 0 aliphatic carbocycles. The van der Waals surface area contributed by atoms with Gasteiger partial charge in [0.05, 0.1) is 11.2 Å². The van der Waals surface area contributed by atoms with E-state index in [-0.39, 0.29) is 11.9 Å². The van der Waals surface area contributed by atoms with Gasteiger partial charge in [-0.05, 0) is 39.7 Å². The number of amides is 1. The van der Waals surface area contributed by atoms with Crippen LogP contribution in [0.4, 0.5) is 0 Å². The third-order valence-electron chi connectivity index (χ3n) is 4.74. The molecule has 2 saturated heterocycles. The molecule has 2 bridgehead atoms. The largest absolute Gasteiger partial charge is 0.348 e. The Hall–Kier alpha value is -1.07. The molecule has 2 unspecified atom stereocenters. The number of fused-ring (bicyclic) bond motifs is 2. The van der Waals surface area contributed by atoms with Crippen molar-refractivity contribution in [3.05, 3.63) is 16.9 Å². The number of hydrogen-bond acceptors (Lipinski definition) is 3. The van der Waals surface area contributed by atoms with Crippen molar-refractivity contribution in [2.75, 3.05) is 7.05 Å². The van der Waals surface area contributed by atoms with Crippen LogP contribution in [0, 0.1) is 0 Å². The van der Waals surface area contributed by atoms with E-state index in [0.717, 1.165) is 12.8 Å². The molecule has 0 aromatic carbocycles. The van der Waals surface area contributed by atoms with Crippen molar-refractivity contribution < 1.29 is 4.79 Å². The van der Waals surface area contributed by atoms with Crippen molar-refractivity contribution in [3.8, 4) is 0 Å². The molecule has 0 spiro atoms. The summed E-state index contributed by atoms with van der Waals surface area (Å²) in [5, 5.41) is 7.70. The average molecular weight is 297 g/mol. The highest BCUT2D eigenvalue weighted by atomic mass is 35.5. The second-order valence-corrected chi connectivity index (χ2v) is 6.26. The van der Waals surface area contributed by atoms with Gasteiger partial charge in [-0.15, -0.1) is 0 Å². The number of aryl methyl sites for hydroxylation is 1. The Bertz CT molecular complexity index is 501. The van der Waals surface area contributed by atoms with E-state index < -0.39 is 0 Å². The van der Waals surface area contributed by atoms with Crippen LogP contribution >= 0.6 is 11.6 Å². The quantitative estimate of drug-likeness (QED) is 0.927. The molecule has 1 N–H and O–H groups in total. The Kier molecular flexibility index (Phi) is 3.73. The molecule has 2 atom stereocenters. The number of carbonyl (C=O) groups is 1. The van der Waals surface area contributed by atoms with Crippen LogP contribution in [0.3, 0.4) is 0 Å². The fourth-order valence-corrected chi connectivity index (χ4v) is 3.84. The zero-order chi connectivity index (χ0) is 14.3. The molecule has 3 heterocycles. The van der Waals surface area contributed by atoms with Crippen LogP contribution in [0.25, 0.3) is 0 Å². The summed E-state index contributed by atoms with van der Waals surface area (Å²) < 4.78 is 1.65. The number of nitrogens with zero attached hydrogens (tertiary/aromatic N) is 3. The van der Waals surface area contributed by atoms with Crippen LogP contribution in [-0.2, 0) is 6.54 Å². The van der Waals surface area contributed by atoms with Crippen LogP contribution in [0.1, 0.15) is 43.1 Å². The van der Waals surface area contributed by atoms with Crippen LogP contribution < -0.4 is 5.32 Å². The Morgan fingerprint density at radius 2 is 2.10 bits per heavy atom. The summed E-state index contributed by atoms with van der Waals surface area (Å²) in [5.41, 5.74) is 0.487. The first kappa shape index (κ1) is 13.9. The summed E-state index contributed by atoms with van der Waals surface area (Å²) in [4.78, 5) is 14.9. The zero-order valence-electron chi connectivity index (χ0n) is 12.0. The molecule has 2 aliphatic rings. The molecule has 2 aliphatic heterocycles. The minimum absolute atomic E-state index is 0.0942. The molecule has 110 valence electrons. The van der Waals surface area contributed by atoms with Crippen LogP contribution in [0.2, 0.25) is 5.02 Å². The molecule has 5 nitrogen and oxygen atoms in total. The molecule has 2 fully saturated rings. The lowest BCUT2D eigenvalue weighted by molar-refractivity contribution is 0.0872. The van der Waals surface area contributed by atoms with E-state index in [2.05, 4.69) is 22.4 Å². The number of carbonyl (C=O) groups excluding carboxylic acids is 1. The van der Waals surface area contributed by atoms with Crippen molar-refractivity contribution in [3.63, 3.8) is 0 Å². The molecule has 1 aromatic heterocycles. The van der Waals surface area contributed by atoms with Crippen molar-refractivity contribution in [2.24, 2.45) is 0 Å². The Labute approximate surface area is 124 Å². The Morgan fingerprint density at radius 1 is 1.45 bits per heavy atom. The SMILES string of the molecule is CCn1ncc(Cl)c1C(=O)NC1CC2CCC(C1)N2C. The Balaban J connectivity index is 1.69. The fraction of sp³-hybridized carbons (Fsp3) is 0.714. The molecule has 0 radical (unpaired) electrons. The maximum absolute atomic E-state index is 12.4. The normalized spacial score (nSPS) is 29.6. The van der Waals surface area contributed by atoms with Crippen molar-refractivity contribution in [1.29, 1.82) is 0 Å². The van der Waals surface area contributed by atoms with Crippen LogP contribution in [0.15, 0.2) is 6.20 Å². The fourth-order valence-electron chi connectivity index (χ4n) is 3.61. The molecule has 1 aromatic rings. The third-order valence-corrected chi connectivity index (χ3v) is 5.02. The van der Waals surface area contributed by atoms with Gasteiger partial charge in [-0.25, -0.2) is 0 Å². The number of rotatable bonds is 3.